The molecule has 0 heterocycles. The second-order valence-electron chi connectivity index (χ2n) is 2.75. The van der Waals surface area contributed by atoms with Crippen LogP contribution in [-0.2, 0) is 0 Å². The zero-order valence-corrected chi connectivity index (χ0v) is 6.75. The van der Waals surface area contributed by atoms with Crippen LogP contribution in [0.5, 0.6) is 0 Å². The lowest BCUT2D eigenvalue weighted by atomic mass is 9.99. The number of benzene rings is 1. The molecule has 1 N–H and O–H groups in total. The average molecular weight is 147 g/mol. The summed E-state index contributed by atoms with van der Waals surface area (Å²) in [6.45, 7) is 2.14. The molecule has 1 atom stereocenters. The van der Waals surface area contributed by atoms with Crippen LogP contribution in [0.4, 0.5) is 0 Å². The van der Waals surface area contributed by atoms with Gasteiger partial charge in [-0.2, -0.15) is 0 Å². The molecule has 1 aromatic rings. The lowest BCUT2D eigenvalue weighted by Gasteiger charge is -2.06. The van der Waals surface area contributed by atoms with Crippen LogP contribution >= 0.6 is 0 Å². The van der Waals surface area contributed by atoms with Crippen LogP contribution in [0.1, 0.15) is 24.8 Å². The second kappa shape index (κ2) is 3.91. The fourth-order valence-corrected chi connectivity index (χ4v) is 1.09. The highest BCUT2D eigenvalue weighted by molar-refractivity contribution is 5.54. The van der Waals surface area contributed by atoms with E-state index in [1.807, 2.05) is 18.2 Å². The topological polar surface area (TPSA) is 23.9 Å². The largest absolute Gasteiger partial charge is 0.313 e. The van der Waals surface area contributed by atoms with Crippen LogP contribution in [-0.4, -0.2) is 6.21 Å². The molecule has 0 radical (unpaired) electrons. The first kappa shape index (κ1) is 7.99. The third-order valence-corrected chi connectivity index (χ3v) is 1.84. The maximum atomic E-state index is 6.96. The molecule has 0 aliphatic carbocycles. The van der Waals surface area contributed by atoms with Crippen molar-refractivity contribution < 1.29 is 0 Å². The Hall–Kier alpha value is -1.11. The third-order valence-electron chi connectivity index (χ3n) is 1.84. The van der Waals surface area contributed by atoms with E-state index in [4.69, 9.17) is 5.41 Å². The van der Waals surface area contributed by atoms with Crippen molar-refractivity contribution in [3.8, 4) is 0 Å². The van der Waals surface area contributed by atoms with Crippen molar-refractivity contribution in [2.75, 3.05) is 0 Å². The van der Waals surface area contributed by atoms with Crippen LogP contribution in [0, 0.1) is 5.41 Å². The summed E-state index contributed by atoms with van der Waals surface area (Å²) in [4.78, 5) is 0. The molecule has 1 heteroatoms. The van der Waals surface area contributed by atoms with Crippen molar-refractivity contribution in [1.29, 1.82) is 5.41 Å². The Kier molecular flexibility index (Phi) is 2.84. The zero-order valence-electron chi connectivity index (χ0n) is 6.75. The molecule has 0 bridgehead atoms. The van der Waals surface area contributed by atoms with Crippen molar-refractivity contribution in [2.45, 2.75) is 19.3 Å². The van der Waals surface area contributed by atoms with Gasteiger partial charge in [0.25, 0.3) is 0 Å². The molecular weight excluding hydrogens is 134 g/mol. The highest BCUT2D eigenvalue weighted by atomic mass is 14.3. The fraction of sp³-hybridized carbons (Fsp3) is 0.300. The van der Waals surface area contributed by atoms with Crippen LogP contribution < -0.4 is 0 Å². The monoisotopic (exact) mass is 147 g/mol. The van der Waals surface area contributed by atoms with E-state index in [0.717, 1.165) is 6.42 Å². The lowest BCUT2D eigenvalue weighted by molar-refractivity contribution is 0.811. The first-order valence-corrected chi connectivity index (χ1v) is 3.88. The smallest absolute Gasteiger partial charge is 0.00418 e. The minimum atomic E-state index is 0.480. The quantitative estimate of drug-likeness (QED) is 0.636. The molecule has 0 fully saturated rings. The van der Waals surface area contributed by atoms with Gasteiger partial charge >= 0.3 is 0 Å². The van der Waals surface area contributed by atoms with E-state index in [1.165, 1.54) is 11.8 Å². The summed E-state index contributed by atoms with van der Waals surface area (Å²) in [5.74, 6) is 0.480. The molecule has 0 aliphatic heterocycles. The summed E-state index contributed by atoms with van der Waals surface area (Å²) < 4.78 is 0. The fourth-order valence-electron chi connectivity index (χ4n) is 1.09. The molecule has 1 unspecified atom stereocenters. The van der Waals surface area contributed by atoms with Crippen molar-refractivity contribution >= 4 is 6.21 Å². The van der Waals surface area contributed by atoms with Gasteiger partial charge in [0.1, 0.15) is 0 Å². The first-order valence-electron chi connectivity index (χ1n) is 3.88. The van der Waals surface area contributed by atoms with E-state index >= 15 is 0 Å². The van der Waals surface area contributed by atoms with Crippen LogP contribution in [0.3, 0.4) is 0 Å². The summed E-state index contributed by atoms with van der Waals surface area (Å²) in [5.41, 5.74) is 1.32. The predicted octanol–water partition coefficient (Wildman–Crippen LogP) is 2.83. The molecule has 58 valence electrons. The average Bonchev–Trinajstić information content (AvgIpc) is 2.07. The predicted molar refractivity (Wildman–Crippen MR) is 48.3 cm³/mol. The minimum absolute atomic E-state index is 0.480. The van der Waals surface area contributed by atoms with E-state index < -0.39 is 0 Å². The highest BCUT2D eigenvalue weighted by Gasteiger charge is 2.00. The molecule has 1 rings (SSSR count). The summed E-state index contributed by atoms with van der Waals surface area (Å²) in [6.07, 6.45) is 2.31. The molecule has 1 aromatic carbocycles. The summed E-state index contributed by atoms with van der Waals surface area (Å²) in [5, 5.41) is 6.96. The number of rotatable bonds is 3. The van der Waals surface area contributed by atoms with Gasteiger partial charge in [-0.15, -0.1) is 0 Å². The SMILES string of the molecule is CC(CC=N)c1ccccc1. The summed E-state index contributed by atoms with van der Waals surface area (Å²) in [6, 6.07) is 10.3. The van der Waals surface area contributed by atoms with Gasteiger partial charge in [0.05, 0.1) is 0 Å². The minimum Gasteiger partial charge on any atom is -0.313 e. The highest BCUT2D eigenvalue weighted by Crippen LogP contribution is 2.16. The van der Waals surface area contributed by atoms with E-state index in [9.17, 15) is 0 Å². The molecule has 1 nitrogen and oxygen atoms in total. The van der Waals surface area contributed by atoms with E-state index in [2.05, 4.69) is 19.1 Å². The van der Waals surface area contributed by atoms with Gasteiger partial charge < -0.3 is 5.41 Å². The maximum Gasteiger partial charge on any atom is -0.00418 e. The molecular formula is C10H13N. The Bertz CT molecular complexity index is 216. The zero-order chi connectivity index (χ0) is 8.10. The van der Waals surface area contributed by atoms with Crippen molar-refractivity contribution in [3.63, 3.8) is 0 Å². The van der Waals surface area contributed by atoms with E-state index in [-0.39, 0.29) is 0 Å². The molecule has 0 aliphatic rings. The number of nitrogens with one attached hydrogen (secondary N) is 1. The molecule has 0 amide bonds. The van der Waals surface area contributed by atoms with Gasteiger partial charge in [-0.3, -0.25) is 0 Å². The second-order valence-corrected chi connectivity index (χ2v) is 2.75. The van der Waals surface area contributed by atoms with Crippen molar-refractivity contribution in [1.82, 2.24) is 0 Å². The molecule has 0 spiro atoms. The van der Waals surface area contributed by atoms with Crippen LogP contribution in [0.25, 0.3) is 0 Å². The molecule has 0 saturated heterocycles. The Morgan fingerprint density at radius 1 is 1.36 bits per heavy atom. The third kappa shape index (κ3) is 2.19. The lowest BCUT2D eigenvalue weighted by Crippen LogP contribution is -1.92. The maximum absolute atomic E-state index is 6.96. The van der Waals surface area contributed by atoms with Crippen molar-refractivity contribution in [3.05, 3.63) is 35.9 Å². The number of hydrogen-bond acceptors (Lipinski definition) is 1. The normalized spacial score (nSPS) is 12.5. The Labute approximate surface area is 67.6 Å². The van der Waals surface area contributed by atoms with Gasteiger partial charge in [0, 0.05) is 0 Å². The van der Waals surface area contributed by atoms with Gasteiger partial charge in [0.15, 0.2) is 0 Å². The van der Waals surface area contributed by atoms with E-state index in [0.29, 0.717) is 5.92 Å². The molecule has 0 aromatic heterocycles. The Morgan fingerprint density at radius 3 is 2.55 bits per heavy atom. The number of hydrogen-bond donors (Lipinski definition) is 1. The van der Waals surface area contributed by atoms with Crippen LogP contribution in [0.2, 0.25) is 0 Å². The molecule has 0 saturated carbocycles. The Morgan fingerprint density at radius 2 is 2.00 bits per heavy atom. The summed E-state index contributed by atoms with van der Waals surface area (Å²) >= 11 is 0. The Balaban J connectivity index is 2.68. The van der Waals surface area contributed by atoms with Crippen molar-refractivity contribution in [2.24, 2.45) is 0 Å². The standard InChI is InChI=1S/C10H13N/c1-9(7-8-11)10-5-3-2-4-6-10/h2-6,8-9,11H,7H2,1H3. The van der Waals surface area contributed by atoms with Crippen LogP contribution in [0.15, 0.2) is 30.3 Å². The van der Waals surface area contributed by atoms with Gasteiger partial charge in [-0.05, 0) is 24.1 Å². The van der Waals surface area contributed by atoms with Gasteiger partial charge in [0.2, 0.25) is 0 Å². The van der Waals surface area contributed by atoms with E-state index in [1.54, 1.807) is 0 Å². The first-order chi connectivity index (χ1) is 5.34. The van der Waals surface area contributed by atoms with Gasteiger partial charge in [-0.25, -0.2) is 0 Å². The summed E-state index contributed by atoms with van der Waals surface area (Å²) in [7, 11) is 0. The molecule has 11 heavy (non-hydrogen) atoms. The van der Waals surface area contributed by atoms with Gasteiger partial charge in [-0.1, -0.05) is 37.3 Å².